The molecule has 104 valence electrons. The second-order valence-corrected chi connectivity index (χ2v) is 5.19. The number of anilines is 1. The smallest absolute Gasteiger partial charge is 0.128 e. The monoisotopic (exact) mass is 267 g/mol. The number of hydrogen-bond donors (Lipinski definition) is 1. The molecule has 20 heavy (non-hydrogen) atoms. The van der Waals surface area contributed by atoms with E-state index in [0.29, 0.717) is 17.5 Å². The maximum absolute atomic E-state index is 9.29. The predicted octanol–water partition coefficient (Wildman–Crippen LogP) is 4.34. The van der Waals surface area contributed by atoms with Crippen molar-refractivity contribution in [3.8, 4) is 6.07 Å². The average molecular weight is 267 g/mol. The maximum Gasteiger partial charge on any atom is 0.128 e. The minimum absolute atomic E-state index is 0.352. The van der Waals surface area contributed by atoms with E-state index in [1.165, 1.54) is 0 Å². The number of benzene rings is 1. The van der Waals surface area contributed by atoms with E-state index >= 15 is 0 Å². The van der Waals surface area contributed by atoms with Crippen molar-refractivity contribution >= 4 is 16.7 Å². The number of para-hydroxylation sites is 1. The number of rotatable bonds is 5. The summed E-state index contributed by atoms with van der Waals surface area (Å²) in [7, 11) is 0. The van der Waals surface area contributed by atoms with Gasteiger partial charge in [-0.05, 0) is 25.0 Å². The number of aromatic nitrogens is 1. The molecule has 1 atom stereocenters. The zero-order valence-electron chi connectivity index (χ0n) is 12.4. The van der Waals surface area contributed by atoms with Crippen LogP contribution in [0.1, 0.15) is 39.2 Å². The first kappa shape index (κ1) is 14.3. The van der Waals surface area contributed by atoms with Gasteiger partial charge < -0.3 is 5.32 Å². The zero-order chi connectivity index (χ0) is 14.5. The normalized spacial score (nSPS) is 12.3. The summed E-state index contributed by atoms with van der Waals surface area (Å²) in [6.07, 6.45) is 2.28. The zero-order valence-corrected chi connectivity index (χ0v) is 12.4. The third-order valence-electron chi connectivity index (χ3n) is 3.97. The molecule has 0 bridgehead atoms. The van der Waals surface area contributed by atoms with Crippen molar-refractivity contribution in [2.24, 2.45) is 5.92 Å². The Morgan fingerprint density at radius 3 is 2.60 bits per heavy atom. The summed E-state index contributed by atoms with van der Waals surface area (Å²) in [6.45, 7) is 6.60. The Morgan fingerprint density at radius 1 is 1.25 bits per heavy atom. The number of nitrogens with zero attached hydrogens (tertiary/aromatic N) is 2. The van der Waals surface area contributed by atoms with Crippen molar-refractivity contribution in [1.29, 1.82) is 5.26 Å². The van der Waals surface area contributed by atoms with Crippen LogP contribution in [-0.2, 0) is 0 Å². The fourth-order valence-electron chi connectivity index (χ4n) is 2.69. The Morgan fingerprint density at radius 2 is 1.95 bits per heavy atom. The van der Waals surface area contributed by atoms with Gasteiger partial charge in [-0.25, -0.2) is 4.98 Å². The summed E-state index contributed by atoms with van der Waals surface area (Å²) >= 11 is 0. The van der Waals surface area contributed by atoms with Crippen LogP contribution in [0.5, 0.6) is 0 Å². The van der Waals surface area contributed by atoms with Gasteiger partial charge in [0.2, 0.25) is 0 Å². The molecule has 0 spiro atoms. The van der Waals surface area contributed by atoms with Gasteiger partial charge in [-0.1, -0.05) is 44.9 Å². The van der Waals surface area contributed by atoms with E-state index in [1.807, 2.05) is 30.3 Å². The molecule has 2 rings (SSSR count). The molecule has 1 unspecified atom stereocenters. The Hall–Kier alpha value is -2.08. The minimum Gasteiger partial charge on any atom is -0.367 e. The largest absolute Gasteiger partial charge is 0.367 e. The van der Waals surface area contributed by atoms with Crippen molar-refractivity contribution in [2.45, 2.75) is 39.7 Å². The lowest BCUT2D eigenvalue weighted by Crippen LogP contribution is -2.25. The van der Waals surface area contributed by atoms with Gasteiger partial charge in [-0.15, -0.1) is 0 Å². The van der Waals surface area contributed by atoms with E-state index in [-0.39, 0.29) is 0 Å². The molecule has 3 nitrogen and oxygen atoms in total. The van der Waals surface area contributed by atoms with E-state index in [2.05, 4.69) is 37.1 Å². The Labute approximate surface area is 120 Å². The molecule has 1 aromatic heterocycles. The number of nitriles is 1. The second kappa shape index (κ2) is 6.38. The van der Waals surface area contributed by atoms with Gasteiger partial charge in [0.1, 0.15) is 5.82 Å². The van der Waals surface area contributed by atoms with Gasteiger partial charge in [-0.3, -0.25) is 0 Å². The highest BCUT2D eigenvalue weighted by molar-refractivity contribution is 5.86. The van der Waals surface area contributed by atoms with Crippen molar-refractivity contribution in [3.05, 3.63) is 35.9 Å². The van der Waals surface area contributed by atoms with Crippen LogP contribution < -0.4 is 5.32 Å². The molecular formula is C17H21N3. The van der Waals surface area contributed by atoms with Crippen molar-refractivity contribution < 1.29 is 0 Å². The minimum atomic E-state index is 0.352. The molecule has 1 heterocycles. The van der Waals surface area contributed by atoms with Crippen LogP contribution in [0.15, 0.2) is 30.3 Å². The van der Waals surface area contributed by atoms with Crippen LogP contribution in [0, 0.1) is 17.2 Å². The molecule has 0 amide bonds. The van der Waals surface area contributed by atoms with E-state index in [0.717, 1.165) is 29.6 Å². The second-order valence-electron chi connectivity index (χ2n) is 5.19. The van der Waals surface area contributed by atoms with E-state index in [1.54, 1.807) is 0 Å². The first-order valence-electron chi connectivity index (χ1n) is 7.26. The van der Waals surface area contributed by atoms with Gasteiger partial charge in [0.25, 0.3) is 0 Å². The van der Waals surface area contributed by atoms with Gasteiger partial charge in [0.05, 0.1) is 17.1 Å². The number of nitrogens with one attached hydrogen (secondary N) is 1. The highest BCUT2D eigenvalue weighted by Crippen LogP contribution is 2.22. The highest BCUT2D eigenvalue weighted by Gasteiger charge is 2.14. The van der Waals surface area contributed by atoms with Gasteiger partial charge in [0.15, 0.2) is 0 Å². The summed E-state index contributed by atoms with van der Waals surface area (Å²) in [5.74, 6) is 1.41. The highest BCUT2D eigenvalue weighted by atomic mass is 15.0. The SMILES string of the molecule is CCC(CC)C(C)Nc1cc(C#N)c2ccccc2n1. The van der Waals surface area contributed by atoms with Crippen molar-refractivity contribution in [1.82, 2.24) is 4.98 Å². The summed E-state index contributed by atoms with van der Waals surface area (Å²) in [6, 6.07) is 12.2. The van der Waals surface area contributed by atoms with E-state index in [9.17, 15) is 5.26 Å². The van der Waals surface area contributed by atoms with Gasteiger partial charge >= 0.3 is 0 Å². The molecule has 2 aromatic rings. The lowest BCUT2D eigenvalue weighted by molar-refractivity contribution is 0.437. The fourth-order valence-corrected chi connectivity index (χ4v) is 2.69. The Kier molecular flexibility index (Phi) is 4.57. The van der Waals surface area contributed by atoms with Crippen LogP contribution in [-0.4, -0.2) is 11.0 Å². The third-order valence-corrected chi connectivity index (χ3v) is 3.97. The molecule has 0 saturated carbocycles. The number of hydrogen-bond acceptors (Lipinski definition) is 3. The van der Waals surface area contributed by atoms with Crippen LogP contribution in [0.3, 0.4) is 0 Å². The van der Waals surface area contributed by atoms with Gasteiger partial charge in [-0.2, -0.15) is 5.26 Å². The standard InChI is InChI=1S/C17H21N3/c1-4-13(5-2)12(3)19-17-10-14(11-18)15-8-6-7-9-16(15)20-17/h6-10,12-13H,4-5H2,1-3H3,(H,19,20). The van der Waals surface area contributed by atoms with Gasteiger partial charge in [0, 0.05) is 11.4 Å². The van der Waals surface area contributed by atoms with Crippen molar-refractivity contribution in [3.63, 3.8) is 0 Å². The molecule has 0 aliphatic rings. The maximum atomic E-state index is 9.29. The molecule has 0 fully saturated rings. The van der Waals surface area contributed by atoms with Crippen LogP contribution >= 0.6 is 0 Å². The lowest BCUT2D eigenvalue weighted by atomic mass is 9.95. The number of fused-ring (bicyclic) bond motifs is 1. The lowest BCUT2D eigenvalue weighted by Gasteiger charge is -2.23. The molecule has 1 aromatic carbocycles. The third kappa shape index (κ3) is 2.91. The molecule has 0 aliphatic heterocycles. The molecular weight excluding hydrogens is 246 g/mol. The summed E-state index contributed by atoms with van der Waals surface area (Å²) in [5.41, 5.74) is 1.54. The first-order chi connectivity index (χ1) is 9.69. The molecule has 1 N–H and O–H groups in total. The first-order valence-corrected chi connectivity index (χ1v) is 7.26. The topological polar surface area (TPSA) is 48.7 Å². The quantitative estimate of drug-likeness (QED) is 0.876. The molecule has 0 radical (unpaired) electrons. The van der Waals surface area contributed by atoms with E-state index in [4.69, 9.17) is 0 Å². The van der Waals surface area contributed by atoms with Crippen LogP contribution in [0.4, 0.5) is 5.82 Å². The van der Waals surface area contributed by atoms with Crippen LogP contribution in [0.25, 0.3) is 10.9 Å². The fraction of sp³-hybridized carbons (Fsp3) is 0.412. The van der Waals surface area contributed by atoms with Crippen molar-refractivity contribution in [2.75, 3.05) is 5.32 Å². The molecule has 0 aliphatic carbocycles. The summed E-state index contributed by atoms with van der Waals surface area (Å²) in [5, 5.41) is 13.7. The summed E-state index contributed by atoms with van der Waals surface area (Å²) < 4.78 is 0. The summed E-state index contributed by atoms with van der Waals surface area (Å²) in [4.78, 5) is 4.61. The number of pyridine rings is 1. The van der Waals surface area contributed by atoms with E-state index < -0.39 is 0 Å². The Bertz CT molecular complexity index is 624. The predicted molar refractivity (Wildman–Crippen MR) is 83.6 cm³/mol. The molecule has 3 heteroatoms. The Balaban J connectivity index is 2.34. The average Bonchev–Trinajstić information content (AvgIpc) is 2.47. The molecule has 0 saturated heterocycles. The van der Waals surface area contributed by atoms with Crippen LogP contribution in [0.2, 0.25) is 0 Å².